The average molecular weight is 728 g/mol. The lowest BCUT2D eigenvalue weighted by Crippen LogP contribution is -2.32. The van der Waals surface area contributed by atoms with E-state index in [9.17, 15) is 22.8 Å². The minimum absolute atomic E-state index is 0.113. The van der Waals surface area contributed by atoms with Gasteiger partial charge in [-0.2, -0.15) is 4.99 Å². The van der Waals surface area contributed by atoms with Crippen molar-refractivity contribution < 1.29 is 27.5 Å². The molecule has 5 rings (SSSR count). The fourth-order valence-electron chi connectivity index (χ4n) is 4.77. The number of carbonyl (C=O) groups is 2. The molecule has 4 aromatic rings. The van der Waals surface area contributed by atoms with E-state index in [4.69, 9.17) is 0 Å². The number of nitrogens with zero attached hydrogens (tertiary/aromatic N) is 5. The number of urea groups is 1. The van der Waals surface area contributed by atoms with Gasteiger partial charge in [0.1, 0.15) is 12.1 Å². The summed E-state index contributed by atoms with van der Waals surface area (Å²) in [5.41, 5.74) is 4.90. The van der Waals surface area contributed by atoms with E-state index >= 15 is 0 Å². The summed E-state index contributed by atoms with van der Waals surface area (Å²) >= 11 is 4.81. The number of amidine groups is 1. The van der Waals surface area contributed by atoms with Crippen molar-refractivity contribution in [2.45, 2.75) is 39.5 Å². The SMILES string of the molecule is Cc1ccc(C(C)C)c(N2C(=O)CSC2=NC(=O)NCC/C(Br)=C\c2cccc(-c3ncn(-c4ccc(OC(F)(F)F)cc4)n3)c2)c1. The maximum absolute atomic E-state index is 12.8. The number of aliphatic imine (C=N–C) groups is 1. The Morgan fingerprint density at radius 2 is 1.91 bits per heavy atom. The zero-order valence-corrected chi connectivity index (χ0v) is 28.0. The number of thioether (sulfide) groups is 1. The molecule has 0 atom stereocenters. The van der Waals surface area contributed by atoms with Crippen molar-refractivity contribution in [3.63, 3.8) is 0 Å². The van der Waals surface area contributed by atoms with E-state index in [0.29, 0.717) is 29.6 Å². The molecule has 244 valence electrons. The number of aryl methyl sites for hydroxylation is 1. The van der Waals surface area contributed by atoms with E-state index < -0.39 is 12.4 Å². The molecule has 9 nitrogen and oxygen atoms in total. The van der Waals surface area contributed by atoms with Gasteiger partial charge in [0, 0.05) is 12.1 Å². The molecule has 1 aliphatic heterocycles. The normalized spacial score (nSPS) is 14.7. The molecule has 14 heteroatoms. The van der Waals surface area contributed by atoms with Gasteiger partial charge in [-0.1, -0.05) is 71.9 Å². The molecule has 3 aromatic carbocycles. The molecule has 2 heterocycles. The molecule has 47 heavy (non-hydrogen) atoms. The number of hydrogen-bond acceptors (Lipinski definition) is 6. The maximum Gasteiger partial charge on any atom is 0.573 e. The highest BCUT2D eigenvalue weighted by atomic mass is 79.9. The summed E-state index contributed by atoms with van der Waals surface area (Å²) in [4.78, 5) is 35.6. The van der Waals surface area contributed by atoms with Gasteiger partial charge in [-0.25, -0.2) is 14.5 Å². The van der Waals surface area contributed by atoms with Crippen LogP contribution in [0.5, 0.6) is 5.75 Å². The first kappa shape index (κ1) is 33.9. The van der Waals surface area contributed by atoms with E-state index in [1.54, 1.807) is 0 Å². The van der Waals surface area contributed by atoms with Gasteiger partial charge >= 0.3 is 12.4 Å². The lowest BCUT2D eigenvalue weighted by atomic mass is 9.99. The van der Waals surface area contributed by atoms with Crippen molar-refractivity contribution >= 4 is 56.6 Å². The van der Waals surface area contributed by atoms with Gasteiger partial charge in [-0.15, -0.1) is 18.3 Å². The summed E-state index contributed by atoms with van der Waals surface area (Å²) in [7, 11) is 0. The summed E-state index contributed by atoms with van der Waals surface area (Å²) < 4.78 is 43.6. The third-order valence-corrected chi connectivity index (χ3v) is 8.50. The molecule has 0 saturated carbocycles. The fourth-order valence-corrected chi connectivity index (χ4v) is 6.09. The summed E-state index contributed by atoms with van der Waals surface area (Å²) in [6, 6.07) is 18.3. The Hall–Kier alpha value is -4.43. The smallest absolute Gasteiger partial charge is 0.406 e. The van der Waals surface area contributed by atoms with Crippen molar-refractivity contribution in [1.29, 1.82) is 0 Å². The number of anilines is 1. The van der Waals surface area contributed by atoms with Crippen LogP contribution in [-0.2, 0) is 4.79 Å². The van der Waals surface area contributed by atoms with E-state index in [0.717, 1.165) is 32.4 Å². The number of alkyl halides is 3. The summed E-state index contributed by atoms with van der Waals surface area (Å²) in [6.07, 6.45) is -0.884. The highest BCUT2D eigenvalue weighted by Gasteiger charge is 2.33. The van der Waals surface area contributed by atoms with E-state index in [1.165, 1.54) is 51.9 Å². The van der Waals surface area contributed by atoms with Crippen LogP contribution in [-0.4, -0.2) is 50.5 Å². The van der Waals surface area contributed by atoms with Crippen LogP contribution in [0.1, 0.15) is 42.9 Å². The molecular formula is C33H30BrF3N6O3S. The molecule has 3 amide bonds. The molecular weight excluding hydrogens is 697 g/mol. The van der Waals surface area contributed by atoms with Gasteiger partial charge in [0.2, 0.25) is 5.91 Å². The molecule has 0 radical (unpaired) electrons. The highest BCUT2D eigenvalue weighted by Crippen LogP contribution is 2.34. The second-order valence-corrected chi connectivity index (χ2v) is 12.8. The van der Waals surface area contributed by atoms with Crippen LogP contribution >= 0.6 is 27.7 Å². The predicted octanol–water partition coefficient (Wildman–Crippen LogP) is 8.24. The number of carbonyl (C=O) groups excluding carboxylic acids is 2. The molecule has 1 fully saturated rings. The number of ether oxygens (including phenoxy) is 1. The van der Waals surface area contributed by atoms with Crippen molar-refractivity contribution in [2.24, 2.45) is 4.99 Å². The van der Waals surface area contributed by atoms with Crippen LogP contribution in [0.3, 0.4) is 0 Å². The van der Waals surface area contributed by atoms with Crippen LogP contribution in [0, 0.1) is 6.92 Å². The first-order valence-electron chi connectivity index (χ1n) is 14.5. The number of aromatic nitrogens is 3. The fraction of sp³-hybridized carbons (Fsp3) is 0.242. The van der Waals surface area contributed by atoms with E-state index in [1.807, 2.05) is 55.5 Å². The maximum atomic E-state index is 12.8. The Morgan fingerprint density at radius 3 is 2.64 bits per heavy atom. The van der Waals surface area contributed by atoms with Gasteiger partial charge in [-0.05, 0) is 82.9 Å². The van der Waals surface area contributed by atoms with Crippen molar-refractivity contribution in [3.8, 4) is 22.8 Å². The Morgan fingerprint density at radius 1 is 1.15 bits per heavy atom. The topological polar surface area (TPSA) is 102 Å². The molecule has 0 aliphatic carbocycles. The zero-order chi connectivity index (χ0) is 33.7. The zero-order valence-electron chi connectivity index (χ0n) is 25.6. The Balaban J connectivity index is 1.19. The van der Waals surface area contributed by atoms with E-state index in [2.05, 4.69) is 54.9 Å². The summed E-state index contributed by atoms with van der Waals surface area (Å²) in [6.45, 7) is 6.39. The second kappa shape index (κ2) is 14.6. The number of rotatable bonds is 9. The molecule has 1 saturated heterocycles. The monoisotopic (exact) mass is 726 g/mol. The van der Waals surface area contributed by atoms with Crippen LogP contribution in [0.25, 0.3) is 23.2 Å². The van der Waals surface area contributed by atoms with Crippen LogP contribution < -0.4 is 15.0 Å². The van der Waals surface area contributed by atoms with Crippen LogP contribution in [0.2, 0.25) is 0 Å². The van der Waals surface area contributed by atoms with E-state index in [-0.39, 0.29) is 23.3 Å². The van der Waals surface area contributed by atoms with Gasteiger partial charge in [0.05, 0.1) is 17.1 Å². The minimum atomic E-state index is -4.76. The predicted molar refractivity (Wildman–Crippen MR) is 181 cm³/mol. The lowest BCUT2D eigenvalue weighted by molar-refractivity contribution is -0.274. The van der Waals surface area contributed by atoms with Gasteiger partial charge in [0.25, 0.3) is 0 Å². The molecule has 1 N–H and O–H groups in total. The highest BCUT2D eigenvalue weighted by molar-refractivity contribution is 9.11. The third-order valence-electron chi connectivity index (χ3n) is 6.95. The van der Waals surface area contributed by atoms with Crippen molar-refractivity contribution in [3.05, 3.63) is 94.2 Å². The van der Waals surface area contributed by atoms with Crippen molar-refractivity contribution in [2.75, 3.05) is 17.2 Å². The van der Waals surface area contributed by atoms with Crippen LogP contribution in [0.4, 0.5) is 23.7 Å². The number of benzene rings is 3. The van der Waals surface area contributed by atoms with Crippen molar-refractivity contribution in [1.82, 2.24) is 20.1 Å². The Labute approximate surface area is 282 Å². The Bertz CT molecular complexity index is 1840. The number of nitrogens with one attached hydrogen (secondary N) is 1. The van der Waals surface area contributed by atoms with Crippen LogP contribution in [0.15, 0.2) is 82.5 Å². The molecule has 0 spiro atoms. The lowest BCUT2D eigenvalue weighted by Gasteiger charge is -2.22. The largest absolute Gasteiger partial charge is 0.573 e. The van der Waals surface area contributed by atoms with Gasteiger partial charge in [0.15, 0.2) is 11.0 Å². The quantitative estimate of drug-likeness (QED) is 0.187. The molecule has 0 bridgehead atoms. The third kappa shape index (κ3) is 8.89. The average Bonchev–Trinajstić information content (AvgIpc) is 3.64. The number of hydrogen-bond donors (Lipinski definition) is 1. The summed E-state index contributed by atoms with van der Waals surface area (Å²) in [5.74, 6) is 0.399. The van der Waals surface area contributed by atoms with Gasteiger partial charge < -0.3 is 10.1 Å². The first-order valence-corrected chi connectivity index (χ1v) is 16.3. The standard InChI is InChI=1S/C33H30BrF3N6O3S/c1-20(2)27-12-7-21(3)15-28(27)43-29(44)18-47-32(43)40-31(45)38-14-13-24(34)17-22-5-4-6-23(16-22)30-39-19-42(41-30)25-8-10-26(11-9-25)46-33(35,36)37/h4-12,15-17,19-20H,13-14,18H2,1-3H3,(H,38,45)/b24-17+,40-32?. The van der Waals surface area contributed by atoms with Gasteiger partial charge in [-0.3, -0.25) is 9.69 Å². The molecule has 1 aromatic heterocycles. The Kier molecular flexibility index (Phi) is 10.5. The number of halogens is 4. The first-order chi connectivity index (χ1) is 22.4. The number of amides is 3. The second-order valence-electron chi connectivity index (χ2n) is 10.9. The molecule has 0 unspecified atom stereocenters. The molecule has 1 aliphatic rings. The summed E-state index contributed by atoms with van der Waals surface area (Å²) in [5, 5.41) is 7.61. The minimum Gasteiger partial charge on any atom is -0.406 e.